The summed E-state index contributed by atoms with van der Waals surface area (Å²) < 4.78 is 26.3. The van der Waals surface area contributed by atoms with Crippen molar-refractivity contribution in [3.05, 3.63) is 71.3 Å². The van der Waals surface area contributed by atoms with Crippen molar-refractivity contribution in [3.63, 3.8) is 0 Å². The number of halogens is 2. The summed E-state index contributed by atoms with van der Waals surface area (Å²) >= 11 is 0. The summed E-state index contributed by atoms with van der Waals surface area (Å²) in [5, 5.41) is 11.8. The molecule has 2 aromatic rings. The largest absolute Gasteiger partial charge is 0.480 e. The van der Waals surface area contributed by atoms with Crippen molar-refractivity contribution in [2.45, 2.75) is 18.9 Å². The van der Waals surface area contributed by atoms with Crippen LogP contribution in [-0.4, -0.2) is 23.0 Å². The lowest BCUT2D eigenvalue weighted by Crippen LogP contribution is -2.44. The number of carbonyl (C=O) groups excluding carboxylic acids is 1. The van der Waals surface area contributed by atoms with E-state index in [1.165, 1.54) is 55.5 Å². The van der Waals surface area contributed by atoms with Crippen LogP contribution in [0, 0.1) is 11.6 Å². The molecule has 1 amide bonds. The zero-order chi connectivity index (χ0) is 17.0. The maximum Gasteiger partial charge on any atom is 0.327 e. The number of carboxylic acids is 1. The molecule has 2 N–H and O–H groups in total. The predicted octanol–water partition coefficient (Wildman–Crippen LogP) is 2.69. The van der Waals surface area contributed by atoms with Gasteiger partial charge in [0.1, 0.15) is 17.7 Å². The van der Waals surface area contributed by atoms with E-state index < -0.39 is 35.5 Å². The summed E-state index contributed by atoms with van der Waals surface area (Å²) in [6.45, 7) is 1.21. The van der Waals surface area contributed by atoms with Gasteiger partial charge < -0.3 is 10.4 Å². The van der Waals surface area contributed by atoms with Gasteiger partial charge in [0, 0.05) is 12.8 Å². The summed E-state index contributed by atoms with van der Waals surface area (Å²) in [7, 11) is 0. The number of hydrogen-bond donors (Lipinski definition) is 2. The van der Waals surface area contributed by atoms with Crippen molar-refractivity contribution >= 4 is 11.9 Å². The Kier molecular flexibility index (Phi) is 5.05. The molecule has 0 saturated carbocycles. The lowest BCUT2D eigenvalue weighted by Gasteiger charge is -2.25. The van der Waals surface area contributed by atoms with Crippen LogP contribution in [0.15, 0.2) is 48.5 Å². The van der Waals surface area contributed by atoms with Gasteiger partial charge in [0.25, 0.3) is 0 Å². The van der Waals surface area contributed by atoms with Crippen molar-refractivity contribution in [2.75, 3.05) is 0 Å². The molecule has 4 nitrogen and oxygen atoms in total. The Hall–Kier alpha value is -2.76. The minimum atomic E-state index is -1.26. The third-order valence-corrected chi connectivity index (χ3v) is 3.42. The fourth-order valence-corrected chi connectivity index (χ4v) is 2.42. The molecule has 23 heavy (non-hydrogen) atoms. The summed E-state index contributed by atoms with van der Waals surface area (Å²) in [5.41, 5.74) is 0.998. The third-order valence-electron chi connectivity index (χ3n) is 3.42. The van der Waals surface area contributed by atoms with Crippen molar-refractivity contribution in [1.82, 2.24) is 5.32 Å². The number of hydrogen-bond acceptors (Lipinski definition) is 2. The lowest BCUT2D eigenvalue weighted by atomic mass is 9.85. The minimum Gasteiger partial charge on any atom is -0.480 e. The molecule has 0 aliphatic rings. The number of carbonyl (C=O) groups is 2. The summed E-state index contributed by atoms with van der Waals surface area (Å²) in [6.07, 6.45) is 0. The Labute approximate surface area is 131 Å². The van der Waals surface area contributed by atoms with Gasteiger partial charge in [-0.25, -0.2) is 13.6 Å². The second-order valence-corrected chi connectivity index (χ2v) is 5.10. The predicted molar refractivity (Wildman–Crippen MR) is 79.9 cm³/mol. The van der Waals surface area contributed by atoms with Gasteiger partial charge in [-0.1, -0.05) is 24.3 Å². The molecule has 0 aliphatic heterocycles. The molecule has 1 atom stereocenters. The van der Waals surface area contributed by atoms with Crippen molar-refractivity contribution in [3.8, 4) is 0 Å². The van der Waals surface area contributed by atoms with Crippen LogP contribution in [0.2, 0.25) is 0 Å². The second kappa shape index (κ2) is 7.00. The van der Waals surface area contributed by atoms with Gasteiger partial charge in [-0.15, -0.1) is 0 Å². The Morgan fingerprint density at radius 2 is 1.30 bits per heavy atom. The van der Waals surface area contributed by atoms with E-state index in [2.05, 4.69) is 5.32 Å². The van der Waals surface area contributed by atoms with Gasteiger partial charge in [-0.05, 0) is 35.4 Å². The van der Waals surface area contributed by atoms with Crippen LogP contribution in [0.3, 0.4) is 0 Å². The van der Waals surface area contributed by atoms with Crippen LogP contribution < -0.4 is 5.32 Å². The SMILES string of the molecule is CC(=O)N[C@@H](C(=O)O)C(c1ccc(F)cc1)c1ccc(F)cc1. The third kappa shape index (κ3) is 4.12. The number of amides is 1. The second-order valence-electron chi connectivity index (χ2n) is 5.10. The fraction of sp³-hybridized carbons (Fsp3) is 0.176. The monoisotopic (exact) mass is 319 g/mol. The highest BCUT2D eigenvalue weighted by atomic mass is 19.1. The topological polar surface area (TPSA) is 66.4 Å². The normalized spacial score (nSPS) is 12.0. The molecule has 0 heterocycles. The maximum atomic E-state index is 13.1. The fourth-order valence-electron chi connectivity index (χ4n) is 2.42. The Morgan fingerprint density at radius 1 is 0.913 bits per heavy atom. The van der Waals surface area contributed by atoms with Gasteiger partial charge in [-0.2, -0.15) is 0 Å². The average molecular weight is 319 g/mol. The number of carboxylic acid groups (broad SMARTS) is 1. The highest BCUT2D eigenvalue weighted by Crippen LogP contribution is 2.29. The smallest absolute Gasteiger partial charge is 0.327 e. The molecule has 0 aliphatic carbocycles. The zero-order valence-electron chi connectivity index (χ0n) is 12.3. The summed E-state index contributed by atoms with van der Waals surface area (Å²) in [6, 6.07) is 9.35. The van der Waals surface area contributed by atoms with Gasteiger partial charge in [0.05, 0.1) is 0 Å². The number of nitrogens with one attached hydrogen (secondary N) is 1. The van der Waals surface area contributed by atoms with Gasteiger partial charge in [0.15, 0.2) is 0 Å². The molecule has 120 valence electrons. The Bertz CT molecular complexity index is 653. The highest BCUT2D eigenvalue weighted by molar-refractivity contribution is 5.83. The van der Waals surface area contributed by atoms with E-state index in [1.54, 1.807) is 0 Å². The van der Waals surface area contributed by atoms with Gasteiger partial charge in [0.2, 0.25) is 5.91 Å². The molecule has 2 aromatic carbocycles. The Balaban J connectivity index is 2.53. The molecule has 0 spiro atoms. The van der Waals surface area contributed by atoms with E-state index in [1.807, 2.05) is 0 Å². The summed E-state index contributed by atoms with van der Waals surface area (Å²) in [4.78, 5) is 22.9. The Morgan fingerprint density at radius 3 is 1.61 bits per heavy atom. The molecule has 0 unspecified atom stereocenters. The van der Waals surface area contributed by atoms with Crippen molar-refractivity contribution in [2.24, 2.45) is 0 Å². The number of aliphatic carboxylic acids is 1. The first-order chi connectivity index (χ1) is 10.9. The summed E-state index contributed by atoms with van der Waals surface area (Å²) in [5.74, 6) is -3.45. The van der Waals surface area contributed by atoms with Crippen LogP contribution in [0.4, 0.5) is 8.78 Å². The van der Waals surface area contributed by atoms with Crippen molar-refractivity contribution < 1.29 is 23.5 Å². The van der Waals surface area contributed by atoms with Crippen LogP contribution >= 0.6 is 0 Å². The molecule has 6 heteroatoms. The van der Waals surface area contributed by atoms with Gasteiger partial charge in [-0.3, -0.25) is 4.79 Å². The molecular formula is C17H15F2NO3. The molecule has 0 aromatic heterocycles. The highest BCUT2D eigenvalue weighted by Gasteiger charge is 2.31. The zero-order valence-corrected chi connectivity index (χ0v) is 12.3. The number of benzene rings is 2. The standard InChI is InChI=1S/C17H15F2NO3/c1-10(21)20-16(17(22)23)15(11-2-6-13(18)7-3-11)12-4-8-14(19)9-5-12/h2-9,15-16H,1H3,(H,20,21)(H,22,23)/t16-/m1/s1. The number of rotatable bonds is 5. The molecule has 0 radical (unpaired) electrons. The first kappa shape index (κ1) is 16.6. The quantitative estimate of drug-likeness (QED) is 0.890. The maximum absolute atomic E-state index is 13.1. The first-order valence-electron chi connectivity index (χ1n) is 6.89. The van der Waals surface area contributed by atoms with E-state index >= 15 is 0 Å². The van der Waals surface area contributed by atoms with Gasteiger partial charge >= 0.3 is 5.97 Å². The van der Waals surface area contributed by atoms with E-state index in [9.17, 15) is 23.5 Å². The minimum absolute atomic E-state index is 0.460. The average Bonchev–Trinajstić information content (AvgIpc) is 2.49. The van der Waals surface area contributed by atoms with E-state index in [4.69, 9.17) is 0 Å². The lowest BCUT2D eigenvalue weighted by molar-refractivity contribution is -0.141. The molecular weight excluding hydrogens is 304 g/mol. The first-order valence-corrected chi connectivity index (χ1v) is 6.89. The van der Waals surface area contributed by atoms with Crippen molar-refractivity contribution in [1.29, 1.82) is 0 Å². The van der Waals surface area contributed by atoms with E-state index in [0.717, 1.165) is 0 Å². The van der Waals surface area contributed by atoms with E-state index in [0.29, 0.717) is 11.1 Å². The van der Waals surface area contributed by atoms with E-state index in [-0.39, 0.29) is 0 Å². The van der Waals surface area contributed by atoms with Crippen LogP contribution in [0.25, 0.3) is 0 Å². The van der Waals surface area contributed by atoms with Crippen LogP contribution in [0.5, 0.6) is 0 Å². The molecule has 2 rings (SSSR count). The molecule has 0 saturated heterocycles. The van der Waals surface area contributed by atoms with Crippen LogP contribution in [0.1, 0.15) is 24.0 Å². The molecule has 0 fully saturated rings. The van der Waals surface area contributed by atoms with Crippen LogP contribution in [-0.2, 0) is 9.59 Å². The molecule has 0 bridgehead atoms.